The topological polar surface area (TPSA) is 55.1 Å². The molecule has 0 heterocycles. The molecule has 0 bridgehead atoms. The van der Waals surface area contributed by atoms with E-state index in [1.165, 1.54) is 44.9 Å². The van der Waals surface area contributed by atoms with E-state index in [1.54, 1.807) is 0 Å². The third-order valence-electron chi connectivity index (χ3n) is 5.10. The lowest BCUT2D eigenvalue weighted by Gasteiger charge is -2.36. The maximum absolute atomic E-state index is 12.3. The van der Waals surface area contributed by atoms with Crippen LogP contribution in [-0.2, 0) is 4.79 Å². The van der Waals surface area contributed by atoms with Gasteiger partial charge in [0.2, 0.25) is 5.91 Å². The number of nitrogens with two attached hydrogens (primary N) is 1. The van der Waals surface area contributed by atoms with Crippen molar-refractivity contribution in [2.75, 3.05) is 13.1 Å². The van der Waals surface area contributed by atoms with E-state index in [2.05, 4.69) is 26.1 Å². The van der Waals surface area contributed by atoms with Gasteiger partial charge in [0.1, 0.15) is 0 Å². The van der Waals surface area contributed by atoms with Gasteiger partial charge in [-0.2, -0.15) is 0 Å². The highest BCUT2D eigenvalue weighted by Crippen LogP contribution is 2.38. The molecule has 0 aromatic carbocycles. The van der Waals surface area contributed by atoms with E-state index < -0.39 is 0 Å². The number of hydrogen-bond acceptors (Lipinski definition) is 2. The van der Waals surface area contributed by atoms with Crippen LogP contribution in [0.1, 0.15) is 85.0 Å². The fourth-order valence-electron chi connectivity index (χ4n) is 3.44. The van der Waals surface area contributed by atoms with Crippen LogP contribution in [0, 0.1) is 10.8 Å². The van der Waals surface area contributed by atoms with Gasteiger partial charge in [-0.3, -0.25) is 4.79 Å². The molecule has 0 aromatic heterocycles. The van der Waals surface area contributed by atoms with Crippen LogP contribution in [0.25, 0.3) is 0 Å². The molecule has 0 spiro atoms. The zero-order valence-electron chi connectivity index (χ0n) is 14.5. The van der Waals surface area contributed by atoms with Gasteiger partial charge in [0.25, 0.3) is 0 Å². The molecule has 0 unspecified atom stereocenters. The zero-order valence-corrected chi connectivity index (χ0v) is 14.5. The average molecular weight is 296 g/mol. The van der Waals surface area contributed by atoms with E-state index in [1.807, 2.05) is 0 Å². The van der Waals surface area contributed by atoms with Crippen LogP contribution in [0.5, 0.6) is 0 Å². The summed E-state index contributed by atoms with van der Waals surface area (Å²) in [5.41, 5.74) is 6.25. The predicted octanol–water partition coefficient (Wildman–Crippen LogP) is 4.01. The van der Waals surface area contributed by atoms with Crippen molar-refractivity contribution in [2.24, 2.45) is 16.6 Å². The lowest BCUT2D eigenvalue weighted by molar-refractivity contribution is -0.124. The van der Waals surface area contributed by atoms with Gasteiger partial charge < -0.3 is 11.1 Å². The van der Waals surface area contributed by atoms with Crippen LogP contribution < -0.4 is 11.1 Å². The van der Waals surface area contributed by atoms with Crippen molar-refractivity contribution < 1.29 is 4.79 Å². The summed E-state index contributed by atoms with van der Waals surface area (Å²) in [6.07, 6.45) is 11.6. The van der Waals surface area contributed by atoms with Gasteiger partial charge in [-0.25, -0.2) is 0 Å². The largest absolute Gasteiger partial charge is 0.356 e. The molecule has 3 heteroatoms. The first-order chi connectivity index (χ1) is 9.93. The highest BCUT2D eigenvalue weighted by molar-refractivity contribution is 5.76. The smallest absolute Gasteiger partial charge is 0.220 e. The molecule has 1 saturated carbocycles. The Morgan fingerprint density at radius 1 is 1.19 bits per heavy atom. The summed E-state index contributed by atoms with van der Waals surface area (Å²) in [5, 5.41) is 3.16. The average Bonchev–Trinajstić information content (AvgIpc) is 2.46. The standard InChI is InChI=1S/C18H36N2O/c1-4-5-7-10-17(2,3)15-20-16(21)13-18(14-19)11-8-6-9-12-18/h4-15,19H2,1-3H3,(H,20,21). The molecular weight excluding hydrogens is 260 g/mol. The first-order valence-corrected chi connectivity index (χ1v) is 8.90. The maximum atomic E-state index is 12.3. The molecule has 3 N–H and O–H groups in total. The van der Waals surface area contributed by atoms with E-state index in [4.69, 9.17) is 5.73 Å². The van der Waals surface area contributed by atoms with E-state index in [0.29, 0.717) is 13.0 Å². The van der Waals surface area contributed by atoms with Gasteiger partial charge in [-0.1, -0.05) is 59.3 Å². The summed E-state index contributed by atoms with van der Waals surface area (Å²) < 4.78 is 0. The van der Waals surface area contributed by atoms with Crippen molar-refractivity contribution in [2.45, 2.75) is 85.0 Å². The SMILES string of the molecule is CCCCCC(C)(C)CNC(=O)CC1(CN)CCCCC1. The second-order valence-electron chi connectivity index (χ2n) is 7.84. The van der Waals surface area contributed by atoms with Gasteiger partial charge in [0, 0.05) is 13.0 Å². The molecule has 1 aliphatic rings. The van der Waals surface area contributed by atoms with Crippen LogP contribution in [-0.4, -0.2) is 19.0 Å². The highest BCUT2D eigenvalue weighted by Gasteiger charge is 2.33. The Kier molecular flexibility index (Phi) is 7.72. The minimum Gasteiger partial charge on any atom is -0.356 e. The second-order valence-corrected chi connectivity index (χ2v) is 7.84. The normalized spacial score (nSPS) is 18.5. The van der Waals surface area contributed by atoms with E-state index >= 15 is 0 Å². The quantitative estimate of drug-likeness (QED) is 0.632. The van der Waals surface area contributed by atoms with E-state index in [-0.39, 0.29) is 16.7 Å². The van der Waals surface area contributed by atoms with Crippen molar-refractivity contribution in [1.29, 1.82) is 0 Å². The Morgan fingerprint density at radius 2 is 1.86 bits per heavy atom. The summed E-state index contributed by atoms with van der Waals surface area (Å²) >= 11 is 0. The number of carbonyl (C=O) groups is 1. The summed E-state index contributed by atoms with van der Waals surface area (Å²) in [6, 6.07) is 0. The van der Waals surface area contributed by atoms with Gasteiger partial charge in [0.15, 0.2) is 0 Å². The van der Waals surface area contributed by atoms with Crippen LogP contribution in [0.2, 0.25) is 0 Å². The second kappa shape index (κ2) is 8.77. The lowest BCUT2D eigenvalue weighted by Crippen LogP contribution is -2.41. The maximum Gasteiger partial charge on any atom is 0.220 e. The van der Waals surface area contributed by atoms with Gasteiger partial charge >= 0.3 is 0 Å². The zero-order chi connectivity index (χ0) is 15.8. The first-order valence-electron chi connectivity index (χ1n) is 8.90. The van der Waals surface area contributed by atoms with Crippen molar-refractivity contribution in [3.05, 3.63) is 0 Å². The molecule has 0 aromatic rings. The van der Waals surface area contributed by atoms with Gasteiger partial charge in [-0.15, -0.1) is 0 Å². The Bertz CT molecular complexity index is 306. The minimum absolute atomic E-state index is 0.0781. The van der Waals surface area contributed by atoms with Crippen LogP contribution >= 0.6 is 0 Å². The van der Waals surface area contributed by atoms with Crippen molar-refractivity contribution in [3.63, 3.8) is 0 Å². The molecule has 1 amide bonds. The number of hydrogen-bond donors (Lipinski definition) is 2. The van der Waals surface area contributed by atoms with Crippen LogP contribution in [0.4, 0.5) is 0 Å². The monoisotopic (exact) mass is 296 g/mol. The molecule has 1 aliphatic carbocycles. The Balaban J connectivity index is 2.35. The molecule has 124 valence electrons. The molecular formula is C18H36N2O. The Labute approximate surface area is 131 Å². The van der Waals surface area contributed by atoms with Gasteiger partial charge in [0.05, 0.1) is 0 Å². The van der Waals surface area contributed by atoms with Crippen molar-refractivity contribution in [1.82, 2.24) is 5.32 Å². The molecule has 0 saturated heterocycles. The molecule has 0 radical (unpaired) electrons. The van der Waals surface area contributed by atoms with Crippen molar-refractivity contribution in [3.8, 4) is 0 Å². The molecule has 1 fully saturated rings. The number of nitrogens with one attached hydrogen (secondary N) is 1. The summed E-state index contributed by atoms with van der Waals surface area (Å²) in [6.45, 7) is 8.17. The van der Waals surface area contributed by atoms with Crippen molar-refractivity contribution >= 4 is 5.91 Å². The lowest BCUT2D eigenvalue weighted by atomic mass is 9.71. The molecule has 0 aliphatic heterocycles. The number of carbonyl (C=O) groups excluding carboxylic acids is 1. The van der Waals surface area contributed by atoms with Gasteiger partial charge in [-0.05, 0) is 36.6 Å². The molecule has 1 rings (SSSR count). The van der Waals surface area contributed by atoms with E-state index in [9.17, 15) is 4.79 Å². The predicted molar refractivity (Wildman–Crippen MR) is 90.1 cm³/mol. The van der Waals surface area contributed by atoms with Crippen LogP contribution in [0.15, 0.2) is 0 Å². The summed E-state index contributed by atoms with van der Waals surface area (Å²) in [5.74, 6) is 0.200. The Morgan fingerprint density at radius 3 is 2.43 bits per heavy atom. The molecule has 0 atom stereocenters. The van der Waals surface area contributed by atoms with Crippen LogP contribution in [0.3, 0.4) is 0 Å². The Hall–Kier alpha value is -0.570. The summed E-state index contributed by atoms with van der Waals surface area (Å²) in [4.78, 5) is 12.3. The summed E-state index contributed by atoms with van der Waals surface area (Å²) in [7, 11) is 0. The van der Waals surface area contributed by atoms with E-state index in [0.717, 1.165) is 19.4 Å². The fraction of sp³-hybridized carbons (Fsp3) is 0.944. The number of rotatable bonds is 9. The number of unbranched alkanes of at least 4 members (excludes halogenated alkanes) is 2. The number of amides is 1. The minimum atomic E-state index is 0.0781. The highest BCUT2D eigenvalue weighted by atomic mass is 16.1. The fourth-order valence-corrected chi connectivity index (χ4v) is 3.44. The third-order valence-corrected chi connectivity index (χ3v) is 5.10. The molecule has 21 heavy (non-hydrogen) atoms. The third kappa shape index (κ3) is 6.82. The first kappa shape index (κ1) is 18.5. The molecule has 3 nitrogen and oxygen atoms in total.